The zero-order valence-electron chi connectivity index (χ0n) is 21.0. The van der Waals surface area contributed by atoms with Gasteiger partial charge in [0.2, 0.25) is 0 Å². The number of thiophene rings is 1. The number of fused-ring (bicyclic) bond motifs is 2. The first-order valence-electron chi connectivity index (χ1n) is 13.0. The highest BCUT2D eigenvalue weighted by Crippen LogP contribution is 2.32. The van der Waals surface area contributed by atoms with E-state index in [2.05, 4.69) is 39.4 Å². The summed E-state index contributed by atoms with van der Waals surface area (Å²) in [6, 6.07) is 14.7. The second-order valence-electron chi connectivity index (χ2n) is 9.74. The maximum Gasteiger partial charge on any atom is 0.411 e. The van der Waals surface area contributed by atoms with E-state index in [0.29, 0.717) is 13.2 Å². The Kier molecular flexibility index (Phi) is 8.42. The average molecular weight is 534 g/mol. The van der Waals surface area contributed by atoms with Crippen molar-refractivity contribution in [3.63, 3.8) is 0 Å². The van der Waals surface area contributed by atoms with Crippen molar-refractivity contribution in [3.8, 4) is 5.75 Å². The van der Waals surface area contributed by atoms with E-state index >= 15 is 0 Å². The number of unbranched alkanes of at least 4 members (excludes halogenated alkanes) is 1. The van der Waals surface area contributed by atoms with Crippen LogP contribution in [0.2, 0.25) is 0 Å². The molecule has 200 valence electrons. The summed E-state index contributed by atoms with van der Waals surface area (Å²) in [4.78, 5) is 6.90. The van der Waals surface area contributed by atoms with Gasteiger partial charge < -0.3 is 19.3 Å². The first-order chi connectivity index (χ1) is 18.0. The minimum atomic E-state index is -4.31. The van der Waals surface area contributed by atoms with Gasteiger partial charge in [-0.3, -0.25) is 4.90 Å². The van der Waals surface area contributed by atoms with Crippen LogP contribution in [0.1, 0.15) is 24.8 Å². The van der Waals surface area contributed by atoms with Crippen LogP contribution in [0.15, 0.2) is 47.8 Å². The first kappa shape index (κ1) is 26.1. The minimum absolute atomic E-state index is 0.0639. The second-order valence-corrected chi connectivity index (χ2v) is 10.7. The standard InChI is InChI=1S/C28H34F3N3O2S/c29-28(30,31)20-35-21-34-12-4-5-22-8-9-23(19-26(22)34)36-17-2-1-11-32-13-15-33(16-14-32)25-6-3-7-27-24(25)10-18-37-27/h3,6-10,18-19H,1-2,4-5,11-17,20-21H2. The number of halogens is 3. The number of ether oxygens (including phenoxy) is 2. The Bertz CT molecular complexity index is 1160. The Balaban J connectivity index is 1.03. The van der Waals surface area contributed by atoms with E-state index < -0.39 is 12.8 Å². The molecule has 1 fully saturated rings. The Hall–Kier alpha value is -2.49. The fourth-order valence-corrected chi connectivity index (χ4v) is 6.03. The van der Waals surface area contributed by atoms with Gasteiger partial charge in [-0.25, -0.2) is 0 Å². The van der Waals surface area contributed by atoms with Gasteiger partial charge in [-0.2, -0.15) is 13.2 Å². The van der Waals surface area contributed by atoms with Gasteiger partial charge in [0.25, 0.3) is 0 Å². The van der Waals surface area contributed by atoms with Crippen LogP contribution in [0.5, 0.6) is 5.75 Å². The molecule has 37 heavy (non-hydrogen) atoms. The number of rotatable bonds is 10. The lowest BCUT2D eigenvalue weighted by Crippen LogP contribution is -2.46. The molecule has 5 nitrogen and oxygen atoms in total. The zero-order chi connectivity index (χ0) is 25.7. The molecule has 0 radical (unpaired) electrons. The van der Waals surface area contributed by atoms with Gasteiger partial charge in [-0.1, -0.05) is 12.1 Å². The predicted molar refractivity (Wildman–Crippen MR) is 144 cm³/mol. The normalized spacial score (nSPS) is 16.8. The summed E-state index contributed by atoms with van der Waals surface area (Å²) in [7, 11) is 0. The van der Waals surface area contributed by atoms with Crippen LogP contribution in [0.3, 0.4) is 0 Å². The van der Waals surface area contributed by atoms with Crippen LogP contribution in [-0.2, 0) is 11.2 Å². The minimum Gasteiger partial charge on any atom is -0.494 e. The molecule has 0 bridgehead atoms. The van der Waals surface area contributed by atoms with Gasteiger partial charge in [-0.05, 0) is 67.4 Å². The van der Waals surface area contributed by atoms with E-state index in [4.69, 9.17) is 9.47 Å². The molecule has 0 spiro atoms. The van der Waals surface area contributed by atoms with Crippen molar-refractivity contribution in [2.45, 2.75) is 31.9 Å². The number of hydrogen-bond acceptors (Lipinski definition) is 6. The number of hydrogen-bond donors (Lipinski definition) is 0. The second kappa shape index (κ2) is 11.9. The molecule has 2 aliphatic rings. The lowest BCUT2D eigenvalue weighted by Gasteiger charge is -2.36. The molecule has 3 aromatic rings. The summed E-state index contributed by atoms with van der Waals surface area (Å²) in [5.41, 5.74) is 3.40. The third kappa shape index (κ3) is 6.89. The van der Waals surface area contributed by atoms with Crippen LogP contribution in [0, 0.1) is 0 Å². The topological polar surface area (TPSA) is 28.2 Å². The summed E-state index contributed by atoms with van der Waals surface area (Å²) >= 11 is 1.80. The highest BCUT2D eigenvalue weighted by molar-refractivity contribution is 7.17. The number of nitrogens with zero attached hydrogens (tertiary/aromatic N) is 3. The van der Waals surface area contributed by atoms with Crippen molar-refractivity contribution in [1.82, 2.24) is 4.90 Å². The summed E-state index contributed by atoms with van der Waals surface area (Å²) in [5.74, 6) is 0.762. The third-order valence-corrected chi connectivity index (χ3v) is 7.99. The average Bonchev–Trinajstić information content (AvgIpc) is 3.38. The third-order valence-electron chi connectivity index (χ3n) is 7.11. The predicted octanol–water partition coefficient (Wildman–Crippen LogP) is 6.17. The van der Waals surface area contributed by atoms with Gasteiger partial charge in [0.1, 0.15) is 19.1 Å². The molecular formula is C28H34F3N3O2S. The Morgan fingerprint density at radius 3 is 2.62 bits per heavy atom. The fraction of sp³-hybridized carbons (Fsp3) is 0.500. The summed E-state index contributed by atoms with van der Waals surface area (Å²) in [6.07, 6.45) is -0.455. The van der Waals surface area contributed by atoms with Crippen LogP contribution in [0.25, 0.3) is 10.1 Å². The van der Waals surface area contributed by atoms with Crippen molar-refractivity contribution in [2.24, 2.45) is 0 Å². The molecule has 0 N–H and O–H groups in total. The van der Waals surface area contributed by atoms with E-state index in [1.54, 1.807) is 11.3 Å². The van der Waals surface area contributed by atoms with Crippen LogP contribution >= 0.6 is 11.3 Å². The molecular weight excluding hydrogens is 499 g/mol. The molecule has 2 aliphatic heterocycles. The Morgan fingerprint density at radius 2 is 1.78 bits per heavy atom. The maximum atomic E-state index is 12.5. The van der Waals surface area contributed by atoms with E-state index in [-0.39, 0.29) is 6.73 Å². The van der Waals surface area contributed by atoms with Gasteiger partial charge in [0.15, 0.2) is 0 Å². The van der Waals surface area contributed by atoms with E-state index in [0.717, 1.165) is 75.4 Å². The largest absolute Gasteiger partial charge is 0.494 e. The van der Waals surface area contributed by atoms with Gasteiger partial charge >= 0.3 is 6.18 Å². The molecule has 5 rings (SSSR count). The van der Waals surface area contributed by atoms with Crippen LogP contribution in [0.4, 0.5) is 24.5 Å². The molecule has 0 amide bonds. The molecule has 0 aliphatic carbocycles. The van der Waals surface area contributed by atoms with E-state index in [1.165, 1.54) is 15.8 Å². The van der Waals surface area contributed by atoms with Crippen LogP contribution < -0.4 is 14.5 Å². The van der Waals surface area contributed by atoms with E-state index in [1.807, 2.05) is 23.1 Å². The quantitative estimate of drug-likeness (QED) is 0.291. The lowest BCUT2D eigenvalue weighted by molar-refractivity contribution is -0.173. The smallest absolute Gasteiger partial charge is 0.411 e. The molecule has 3 heterocycles. The summed E-state index contributed by atoms with van der Waals surface area (Å²) in [5, 5.41) is 3.52. The summed E-state index contributed by atoms with van der Waals surface area (Å²) < 4.78 is 49.6. The van der Waals surface area contributed by atoms with Crippen molar-refractivity contribution < 1.29 is 22.6 Å². The van der Waals surface area contributed by atoms with Gasteiger partial charge in [-0.15, -0.1) is 11.3 Å². The molecule has 9 heteroatoms. The number of aryl methyl sites for hydroxylation is 1. The molecule has 0 atom stereocenters. The molecule has 2 aromatic carbocycles. The van der Waals surface area contributed by atoms with Gasteiger partial charge in [0.05, 0.1) is 6.61 Å². The monoisotopic (exact) mass is 533 g/mol. The lowest BCUT2D eigenvalue weighted by atomic mass is 10.0. The van der Waals surface area contributed by atoms with Crippen molar-refractivity contribution in [2.75, 3.05) is 69.0 Å². The molecule has 1 aromatic heterocycles. The van der Waals surface area contributed by atoms with Crippen molar-refractivity contribution in [3.05, 3.63) is 53.4 Å². The Labute approximate surface area is 220 Å². The van der Waals surface area contributed by atoms with Crippen LogP contribution in [-0.4, -0.2) is 70.3 Å². The molecule has 1 saturated heterocycles. The maximum absolute atomic E-state index is 12.5. The van der Waals surface area contributed by atoms with Crippen molar-refractivity contribution in [1.29, 1.82) is 0 Å². The van der Waals surface area contributed by atoms with E-state index in [9.17, 15) is 13.2 Å². The van der Waals surface area contributed by atoms with Crippen molar-refractivity contribution >= 4 is 32.8 Å². The summed E-state index contributed by atoms with van der Waals surface area (Å²) in [6.45, 7) is 5.31. The number of benzene rings is 2. The first-order valence-corrected chi connectivity index (χ1v) is 13.9. The molecule has 0 saturated carbocycles. The number of alkyl halides is 3. The zero-order valence-corrected chi connectivity index (χ0v) is 21.8. The highest BCUT2D eigenvalue weighted by Gasteiger charge is 2.28. The SMILES string of the molecule is FC(F)(F)COCN1CCCc2ccc(OCCCCN3CCN(c4cccc5sccc45)CC3)cc21. The highest BCUT2D eigenvalue weighted by atomic mass is 32.1. The number of anilines is 2. The Morgan fingerprint density at radius 1 is 0.919 bits per heavy atom. The number of piperazine rings is 1. The molecule has 0 unspecified atom stereocenters. The fourth-order valence-electron chi connectivity index (χ4n) is 5.22. The van der Waals surface area contributed by atoms with Gasteiger partial charge in [0, 0.05) is 60.3 Å².